The second-order valence-electron chi connectivity index (χ2n) is 9.56. The van der Waals surface area contributed by atoms with Gasteiger partial charge >= 0.3 is 5.97 Å². The van der Waals surface area contributed by atoms with Gasteiger partial charge in [-0.3, -0.25) is 4.79 Å². The maximum absolute atomic E-state index is 13.2. The van der Waals surface area contributed by atoms with Crippen molar-refractivity contribution < 1.29 is 24.6 Å². The summed E-state index contributed by atoms with van der Waals surface area (Å²) >= 11 is 0. The number of carbonyl (C=O) groups is 2. The Morgan fingerprint density at radius 3 is 2.37 bits per heavy atom. The van der Waals surface area contributed by atoms with Gasteiger partial charge in [0, 0.05) is 18.5 Å². The molecule has 2 N–H and O–H groups in total. The number of nitrogens with zero attached hydrogens (tertiary/aromatic N) is 5. The van der Waals surface area contributed by atoms with Crippen LogP contribution in [-0.2, 0) is 21.0 Å². The van der Waals surface area contributed by atoms with E-state index in [1.54, 1.807) is 20.8 Å². The third-order valence-electron chi connectivity index (χ3n) is 6.24. The Kier molecular flexibility index (Phi) is 9.85. The Labute approximate surface area is 220 Å². The van der Waals surface area contributed by atoms with Crippen molar-refractivity contribution >= 4 is 11.9 Å². The van der Waals surface area contributed by atoms with E-state index in [0.29, 0.717) is 18.7 Å². The summed E-state index contributed by atoms with van der Waals surface area (Å²) in [7, 11) is 0. The maximum atomic E-state index is 13.2. The van der Waals surface area contributed by atoms with E-state index in [4.69, 9.17) is 0 Å². The number of nitrogens with one attached hydrogen (secondary N) is 1. The SMILES string of the molecule is CC(CCCC(=O)N(Cc1ccc(-c2ccccc2-c2nnn[nH]2)cc1)[C@H](C(=O)O)C(C)C)CO[N+](=O)[O-]. The largest absolute Gasteiger partial charge is 0.480 e. The number of benzene rings is 2. The normalized spacial score (nSPS) is 12.6. The lowest BCUT2D eigenvalue weighted by Gasteiger charge is -2.32. The van der Waals surface area contributed by atoms with Crippen molar-refractivity contribution in [1.82, 2.24) is 25.5 Å². The van der Waals surface area contributed by atoms with E-state index in [0.717, 1.165) is 22.3 Å². The van der Waals surface area contributed by atoms with Gasteiger partial charge in [-0.05, 0) is 51.8 Å². The van der Waals surface area contributed by atoms with Crippen molar-refractivity contribution in [3.8, 4) is 22.5 Å². The predicted octanol–water partition coefficient (Wildman–Crippen LogP) is 3.99. The van der Waals surface area contributed by atoms with Crippen LogP contribution in [0.1, 0.15) is 45.6 Å². The number of amides is 1. The first-order chi connectivity index (χ1) is 18.2. The number of aliphatic carboxylic acids is 1. The third kappa shape index (κ3) is 7.58. The molecule has 0 aliphatic heterocycles. The van der Waals surface area contributed by atoms with E-state index in [9.17, 15) is 24.8 Å². The van der Waals surface area contributed by atoms with Gasteiger partial charge in [0.05, 0.1) is 6.61 Å². The van der Waals surface area contributed by atoms with E-state index in [-0.39, 0.29) is 37.3 Å². The molecule has 0 aliphatic carbocycles. The van der Waals surface area contributed by atoms with Gasteiger partial charge < -0.3 is 14.8 Å². The molecule has 1 amide bonds. The Morgan fingerprint density at radius 1 is 1.11 bits per heavy atom. The van der Waals surface area contributed by atoms with Crippen LogP contribution in [0.2, 0.25) is 0 Å². The number of carbonyl (C=O) groups excluding carboxylic acids is 1. The molecular formula is C26H32N6O6. The molecule has 0 saturated heterocycles. The van der Waals surface area contributed by atoms with Crippen LogP contribution in [0.15, 0.2) is 48.5 Å². The minimum Gasteiger partial charge on any atom is -0.480 e. The maximum Gasteiger partial charge on any atom is 0.326 e. The molecule has 0 bridgehead atoms. The average molecular weight is 525 g/mol. The van der Waals surface area contributed by atoms with Crippen LogP contribution in [-0.4, -0.2) is 60.2 Å². The number of rotatable bonds is 14. The molecular weight excluding hydrogens is 492 g/mol. The average Bonchev–Trinajstić information content (AvgIpc) is 3.42. The summed E-state index contributed by atoms with van der Waals surface area (Å²) in [6.07, 6.45) is 1.14. The molecule has 2 aromatic carbocycles. The van der Waals surface area contributed by atoms with Crippen molar-refractivity contribution in [1.29, 1.82) is 0 Å². The van der Waals surface area contributed by atoms with Crippen molar-refractivity contribution in [2.75, 3.05) is 6.61 Å². The van der Waals surface area contributed by atoms with Gasteiger partial charge in [0.1, 0.15) is 6.04 Å². The van der Waals surface area contributed by atoms with Crippen LogP contribution in [0.4, 0.5) is 0 Å². The van der Waals surface area contributed by atoms with E-state index < -0.39 is 17.1 Å². The number of hydrogen-bond donors (Lipinski definition) is 2. The summed E-state index contributed by atoms with van der Waals surface area (Å²) in [5.74, 6) is -1.20. The van der Waals surface area contributed by atoms with Crippen LogP contribution in [0, 0.1) is 22.0 Å². The zero-order chi connectivity index (χ0) is 27.7. The molecule has 12 nitrogen and oxygen atoms in total. The standard InChI is InChI=1S/C26H32N6O6/c1-17(2)24(26(34)35)31(23(33)10-6-7-18(3)16-38-32(36)37)15-19-11-13-20(14-12-19)21-8-4-5-9-22(21)25-27-29-30-28-25/h4-5,8-9,11-14,17-18,24H,6-7,10,15-16H2,1-3H3,(H,34,35)(H,27,28,29,30)/t18?,24-/m0/s1. The Hall–Kier alpha value is -4.35. The molecule has 3 aromatic rings. The van der Waals surface area contributed by atoms with Crippen LogP contribution in [0.3, 0.4) is 0 Å². The lowest BCUT2D eigenvalue weighted by molar-refractivity contribution is -0.759. The highest BCUT2D eigenvalue weighted by molar-refractivity contribution is 5.84. The van der Waals surface area contributed by atoms with Crippen LogP contribution < -0.4 is 0 Å². The highest BCUT2D eigenvalue weighted by Gasteiger charge is 2.32. The zero-order valence-corrected chi connectivity index (χ0v) is 21.6. The molecule has 1 unspecified atom stereocenters. The number of hydrogen-bond acceptors (Lipinski definition) is 8. The molecule has 1 heterocycles. The van der Waals surface area contributed by atoms with Gasteiger partial charge in [0.25, 0.3) is 5.09 Å². The molecule has 38 heavy (non-hydrogen) atoms. The van der Waals surface area contributed by atoms with E-state index in [1.165, 1.54) is 4.90 Å². The lowest BCUT2D eigenvalue weighted by atomic mass is 9.97. The lowest BCUT2D eigenvalue weighted by Crippen LogP contribution is -2.47. The van der Waals surface area contributed by atoms with Crippen LogP contribution in [0.25, 0.3) is 22.5 Å². The number of aromatic nitrogens is 4. The summed E-state index contributed by atoms with van der Waals surface area (Å²) in [6.45, 7) is 5.44. The molecule has 0 saturated carbocycles. The van der Waals surface area contributed by atoms with Crippen molar-refractivity contribution in [3.63, 3.8) is 0 Å². The monoisotopic (exact) mass is 524 g/mol. The third-order valence-corrected chi connectivity index (χ3v) is 6.24. The molecule has 2 atom stereocenters. The van der Waals surface area contributed by atoms with Gasteiger partial charge in [0.15, 0.2) is 5.82 Å². The number of carboxylic acids is 1. The number of carboxylic acid groups (broad SMARTS) is 1. The van der Waals surface area contributed by atoms with Gasteiger partial charge in [-0.2, -0.15) is 0 Å². The van der Waals surface area contributed by atoms with Crippen LogP contribution >= 0.6 is 0 Å². The fraction of sp³-hybridized carbons (Fsp3) is 0.423. The van der Waals surface area contributed by atoms with E-state index in [2.05, 4.69) is 25.5 Å². The molecule has 1 aromatic heterocycles. The van der Waals surface area contributed by atoms with Crippen LogP contribution in [0.5, 0.6) is 0 Å². The zero-order valence-electron chi connectivity index (χ0n) is 21.6. The Balaban J connectivity index is 1.75. The first-order valence-electron chi connectivity index (χ1n) is 12.4. The van der Waals surface area contributed by atoms with Crippen molar-refractivity contribution in [2.24, 2.45) is 11.8 Å². The Morgan fingerprint density at radius 2 is 1.79 bits per heavy atom. The predicted molar refractivity (Wildman–Crippen MR) is 138 cm³/mol. The molecule has 0 aliphatic rings. The first kappa shape index (κ1) is 28.2. The van der Waals surface area contributed by atoms with Gasteiger partial charge in [-0.15, -0.1) is 15.2 Å². The smallest absolute Gasteiger partial charge is 0.326 e. The fourth-order valence-electron chi connectivity index (χ4n) is 4.34. The second kappa shape index (κ2) is 13.3. The summed E-state index contributed by atoms with van der Waals surface area (Å²) in [5, 5.41) is 33.5. The van der Waals surface area contributed by atoms with Gasteiger partial charge in [0.2, 0.25) is 5.91 Å². The van der Waals surface area contributed by atoms with Crippen molar-refractivity contribution in [2.45, 2.75) is 52.6 Å². The van der Waals surface area contributed by atoms with E-state index >= 15 is 0 Å². The minimum absolute atomic E-state index is 0.0446. The molecule has 3 rings (SSSR count). The molecule has 0 radical (unpaired) electrons. The highest BCUT2D eigenvalue weighted by Crippen LogP contribution is 2.30. The second-order valence-corrected chi connectivity index (χ2v) is 9.56. The summed E-state index contributed by atoms with van der Waals surface area (Å²) < 4.78 is 0. The molecule has 0 spiro atoms. The number of H-pyrrole nitrogens is 1. The van der Waals surface area contributed by atoms with E-state index in [1.807, 2.05) is 48.5 Å². The number of aromatic amines is 1. The van der Waals surface area contributed by atoms with Gasteiger partial charge in [-0.25, -0.2) is 9.89 Å². The Bertz CT molecular complexity index is 1220. The fourth-order valence-corrected chi connectivity index (χ4v) is 4.34. The first-order valence-corrected chi connectivity index (χ1v) is 12.4. The summed E-state index contributed by atoms with van der Waals surface area (Å²) in [6, 6.07) is 14.3. The minimum atomic E-state index is -1.06. The molecule has 0 fully saturated rings. The topological polar surface area (TPSA) is 164 Å². The summed E-state index contributed by atoms with van der Waals surface area (Å²) in [5.41, 5.74) is 3.47. The highest BCUT2D eigenvalue weighted by atomic mass is 16.9. The molecule has 202 valence electrons. The van der Waals surface area contributed by atoms with Gasteiger partial charge in [-0.1, -0.05) is 69.3 Å². The quantitative estimate of drug-likeness (QED) is 0.234. The van der Waals surface area contributed by atoms with Crippen molar-refractivity contribution in [3.05, 3.63) is 64.2 Å². The summed E-state index contributed by atoms with van der Waals surface area (Å²) in [4.78, 5) is 41.5. The number of tetrazole rings is 1. The molecule has 12 heteroatoms.